The Kier molecular flexibility index (Phi) is 5.95. The number of piperidine rings is 1. The van der Waals surface area contributed by atoms with E-state index < -0.39 is 0 Å². The Labute approximate surface area is 173 Å². The quantitative estimate of drug-likeness (QED) is 0.707. The van der Waals surface area contributed by atoms with Crippen molar-refractivity contribution in [1.82, 2.24) is 4.90 Å². The number of anilines is 2. The minimum atomic E-state index is -0.325. The fourth-order valence-corrected chi connectivity index (χ4v) is 4.31. The van der Waals surface area contributed by atoms with Crippen molar-refractivity contribution < 1.29 is 4.79 Å². The molecule has 1 amide bonds. The van der Waals surface area contributed by atoms with Crippen molar-refractivity contribution >= 4 is 29.2 Å². The van der Waals surface area contributed by atoms with Gasteiger partial charge in [-0.15, -0.1) is 0 Å². The van der Waals surface area contributed by atoms with E-state index in [1.807, 2.05) is 31.2 Å². The summed E-state index contributed by atoms with van der Waals surface area (Å²) in [5.74, 6) is -0.334. The van der Waals surface area contributed by atoms with Gasteiger partial charge in [0.1, 0.15) is 5.92 Å². The van der Waals surface area contributed by atoms with Crippen LogP contribution in [-0.4, -0.2) is 43.2 Å². The molecule has 2 heterocycles. The van der Waals surface area contributed by atoms with Crippen LogP contribution in [0.15, 0.2) is 41.4 Å². The largest absolute Gasteiger partial charge is 0.384 e. The number of hydrogen-bond acceptors (Lipinski definition) is 4. The summed E-state index contributed by atoms with van der Waals surface area (Å²) in [6, 6.07) is 12.1. The molecule has 2 aliphatic rings. The number of rotatable bonds is 6. The fraction of sp³-hybridized carbons (Fsp3) is 0.417. The Morgan fingerprint density at radius 1 is 1.14 bits per heavy atom. The molecule has 2 aromatic carbocycles. The summed E-state index contributed by atoms with van der Waals surface area (Å²) in [4.78, 5) is 19.5. The molecule has 1 saturated heterocycles. The van der Waals surface area contributed by atoms with Crippen LogP contribution in [0.1, 0.15) is 41.9 Å². The molecule has 0 radical (unpaired) electrons. The number of aryl methyl sites for hydroxylation is 2. The molecule has 1 atom stereocenters. The molecule has 29 heavy (non-hydrogen) atoms. The number of hydrogen-bond donors (Lipinski definition) is 2. The second-order valence-electron chi connectivity index (χ2n) is 8.11. The van der Waals surface area contributed by atoms with Crippen molar-refractivity contribution in [2.24, 2.45) is 4.99 Å². The number of amides is 1. The van der Waals surface area contributed by atoms with Crippen molar-refractivity contribution in [1.29, 1.82) is 0 Å². The highest BCUT2D eigenvalue weighted by molar-refractivity contribution is 6.13. The lowest BCUT2D eigenvalue weighted by Crippen LogP contribution is -2.33. The lowest BCUT2D eigenvalue weighted by molar-refractivity contribution is -0.115. The van der Waals surface area contributed by atoms with E-state index in [2.05, 4.69) is 39.6 Å². The molecule has 5 nitrogen and oxygen atoms in total. The molecule has 0 bridgehead atoms. The van der Waals surface area contributed by atoms with Crippen molar-refractivity contribution in [3.8, 4) is 0 Å². The molecule has 1 unspecified atom stereocenters. The monoisotopic (exact) mass is 390 g/mol. The van der Waals surface area contributed by atoms with Gasteiger partial charge in [0.15, 0.2) is 0 Å². The van der Waals surface area contributed by atoms with Gasteiger partial charge < -0.3 is 15.5 Å². The second kappa shape index (κ2) is 8.78. The number of carbonyl (C=O) groups is 1. The number of nitrogens with one attached hydrogen (secondary N) is 2. The summed E-state index contributed by atoms with van der Waals surface area (Å²) in [6.07, 6.45) is 5.80. The highest BCUT2D eigenvalue weighted by Gasteiger charge is 2.30. The molecule has 0 aliphatic carbocycles. The first-order valence-electron chi connectivity index (χ1n) is 10.6. The average molecular weight is 391 g/mol. The van der Waals surface area contributed by atoms with Gasteiger partial charge in [0.2, 0.25) is 5.91 Å². The maximum Gasteiger partial charge on any atom is 0.237 e. The molecule has 2 aliphatic heterocycles. The first-order chi connectivity index (χ1) is 14.1. The highest BCUT2D eigenvalue weighted by Crippen LogP contribution is 2.34. The zero-order valence-corrected chi connectivity index (χ0v) is 17.4. The van der Waals surface area contributed by atoms with Gasteiger partial charge in [-0.25, -0.2) is 0 Å². The number of aliphatic imine (C=N–C) groups is 1. The van der Waals surface area contributed by atoms with Gasteiger partial charge in [-0.05, 0) is 80.7 Å². The van der Waals surface area contributed by atoms with Crippen LogP contribution in [0.5, 0.6) is 0 Å². The van der Waals surface area contributed by atoms with E-state index >= 15 is 0 Å². The lowest BCUT2D eigenvalue weighted by atomic mass is 9.97. The molecule has 4 rings (SSSR count). The molecular weight excluding hydrogens is 360 g/mol. The van der Waals surface area contributed by atoms with Crippen LogP contribution in [0.25, 0.3) is 0 Å². The maximum atomic E-state index is 12.4. The molecule has 0 aromatic heterocycles. The number of carbonyl (C=O) groups excluding carboxylic acids is 1. The first-order valence-corrected chi connectivity index (χ1v) is 10.6. The Bertz CT molecular complexity index is 915. The Morgan fingerprint density at radius 2 is 1.97 bits per heavy atom. The number of nitrogens with zero attached hydrogens (tertiary/aromatic N) is 2. The van der Waals surface area contributed by atoms with E-state index in [4.69, 9.17) is 0 Å². The van der Waals surface area contributed by atoms with Gasteiger partial charge in [-0.1, -0.05) is 18.6 Å². The van der Waals surface area contributed by atoms with E-state index in [-0.39, 0.29) is 11.8 Å². The Morgan fingerprint density at radius 3 is 2.76 bits per heavy atom. The Hall–Kier alpha value is -2.66. The van der Waals surface area contributed by atoms with Gasteiger partial charge in [-0.3, -0.25) is 9.79 Å². The zero-order valence-electron chi connectivity index (χ0n) is 17.4. The summed E-state index contributed by atoms with van der Waals surface area (Å²) < 4.78 is 0. The minimum absolute atomic E-state index is 0.00854. The summed E-state index contributed by atoms with van der Waals surface area (Å²) in [5, 5.41) is 6.51. The number of fused-ring (bicyclic) bond motifs is 1. The molecule has 2 aromatic rings. The number of benzene rings is 2. The van der Waals surface area contributed by atoms with Gasteiger partial charge in [-0.2, -0.15) is 0 Å². The average Bonchev–Trinajstić information content (AvgIpc) is 3.05. The molecule has 1 fully saturated rings. The maximum absolute atomic E-state index is 12.4. The molecule has 0 saturated carbocycles. The van der Waals surface area contributed by atoms with Gasteiger partial charge in [0.05, 0.1) is 5.69 Å². The summed E-state index contributed by atoms with van der Waals surface area (Å²) in [6.45, 7) is 8.65. The standard InChI is InChI=1S/C24H30N4O/c1-17-7-6-8-22-23(17)20(24(29)27-22)16-26-19-9-10-21(18(2)15-19)25-11-14-28-12-4-3-5-13-28/h6-10,15-16,20,25H,3-5,11-14H2,1-2H3,(H,27,29). The number of likely N-dealkylation sites (tertiary alicyclic amines) is 1. The van der Waals surface area contributed by atoms with Crippen molar-refractivity contribution in [3.63, 3.8) is 0 Å². The van der Waals surface area contributed by atoms with E-state index in [9.17, 15) is 4.79 Å². The van der Waals surface area contributed by atoms with Crippen LogP contribution in [0.2, 0.25) is 0 Å². The van der Waals surface area contributed by atoms with E-state index in [1.165, 1.54) is 37.9 Å². The van der Waals surface area contributed by atoms with E-state index in [1.54, 1.807) is 6.21 Å². The second-order valence-corrected chi connectivity index (χ2v) is 8.11. The van der Waals surface area contributed by atoms with Crippen LogP contribution in [-0.2, 0) is 4.79 Å². The predicted octanol–water partition coefficient (Wildman–Crippen LogP) is 4.64. The summed E-state index contributed by atoms with van der Waals surface area (Å²) >= 11 is 0. The Balaban J connectivity index is 1.39. The van der Waals surface area contributed by atoms with Crippen LogP contribution in [0, 0.1) is 13.8 Å². The van der Waals surface area contributed by atoms with E-state index in [0.29, 0.717) is 0 Å². The molecule has 0 spiro atoms. The molecular formula is C24H30N4O. The molecule has 152 valence electrons. The van der Waals surface area contributed by atoms with Crippen LogP contribution < -0.4 is 10.6 Å². The fourth-order valence-electron chi connectivity index (χ4n) is 4.31. The third kappa shape index (κ3) is 4.51. The van der Waals surface area contributed by atoms with Gasteiger partial charge >= 0.3 is 0 Å². The lowest BCUT2D eigenvalue weighted by Gasteiger charge is -2.26. The van der Waals surface area contributed by atoms with E-state index in [0.717, 1.165) is 41.3 Å². The smallest absolute Gasteiger partial charge is 0.237 e. The first kappa shape index (κ1) is 19.6. The predicted molar refractivity (Wildman–Crippen MR) is 121 cm³/mol. The van der Waals surface area contributed by atoms with Gasteiger partial charge in [0, 0.05) is 30.7 Å². The summed E-state index contributed by atoms with van der Waals surface area (Å²) in [5.41, 5.74) is 6.25. The van der Waals surface area contributed by atoms with Crippen LogP contribution in [0.4, 0.5) is 17.1 Å². The van der Waals surface area contributed by atoms with Crippen molar-refractivity contribution in [3.05, 3.63) is 53.1 Å². The van der Waals surface area contributed by atoms with Crippen molar-refractivity contribution in [2.45, 2.75) is 39.0 Å². The third-order valence-corrected chi connectivity index (χ3v) is 5.95. The topological polar surface area (TPSA) is 56.7 Å². The van der Waals surface area contributed by atoms with Crippen LogP contribution in [0.3, 0.4) is 0 Å². The SMILES string of the molecule is Cc1cc(N=CC2C(=O)Nc3cccc(C)c32)ccc1NCCN1CCCCC1. The van der Waals surface area contributed by atoms with Crippen LogP contribution >= 0.6 is 0 Å². The zero-order chi connectivity index (χ0) is 20.2. The molecule has 2 N–H and O–H groups in total. The summed E-state index contributed by atoms with van der Waals surface area (Å²) in [7, 11) is 0. The normalized spacial score (nSPS) is 19.4. The molecule has 5 heteroatoms. The highest BCUT2D eigenvalue weighted by atomic mass is 16.2. The minimum Gasteiger partial charge on any atom is -0.384 e. The van der Waals surface area contributed by atoms with Crippen molar-refractivity contribution in [2.75, 3.05) is 36.8 Å². The van der Waals surface area contributed by atoms with Gasteiger partial charge in [0.25, 0.3) is 0 Å². The third-order valence-electron chi connectivity index (χ3n) is 5.95.